The lowest BCUT2D eigenvalue weighted by atomic mass is 10.1. The van der Waals surface area contributed by atoms with Crippen LogP contribution in [0.3, 0.4) is 0 Å². The number of nitrogens with zero attached hydrogens (tertiary/aromatic N) is 2. The van der Waals surface area contributed by atoms with Crippen molar-refractivity contribution in [1.29, 1.82) is 0 Å². The van der Waals surface area contributed by atoms with E-state index in [0.717, 1.165) is 17.5 Å². The first-order chi connectivity index (χ1) is 11.2. The Balaban J connectivity index is 2.03. The lowest BCUT2D eigenvalue weighted by Gasteiger charge is -2.34. The summed E-state index contributed by atoms with van der Waals surface area (Å²) >= 11 is 0. The van der Waals surface area contributed by atoms with E-state index in [2.05, 4.69) is 13.8 Å². The summed E-state index contributed by atoms with van der Waals surface area (Å²) in [6.45, 7) is 9.58. The van der Waals surface area contributed by atoms with E-state index in [1.165, 1.54) is 4.31 Å². The minimum absolute atomic E-state index is 0.132. The van der Waals surface area contributed by atoms with Crippen molar-refractivity contribution in [3.05, 3.63) is 29.3 Å². The molecule has 1 amide bonds. The summed E-state index contributed by atoms with van der Waals surface area (Å²) in [5, 5.41) is 0. The van der Waals surface area contributed by atoms with E-state index in [4.69, 9.17) is 0 Å². The molecule has 0 atom stereocenters. The Hall–Kier alpha value is -1.40. The van der Waals surface area contributed by atoms with Crippen molar-refractivity contribution >= 4 is 15.9 Å². The molecule has 0 radical (unpaired) electrons. The predicted molar refractivity (Wildman–Crippen MR) is 95.3 cm³/mol. The number of piperazine rings is 1. The van der Waals surface area contributed by atoms with Crippen LogP contribution in [0.4, 0.5) is 0 Å². The molecule has 0 unspecified atom stereocenters. The average molecular weight is 353 g/mol. The normalized spacial score (nSPS) is 16.6. The molecule has 0 N–H and O–H groups in total. The molecule has 1 saturated heterocycles. The Morgan fingerprint density at radius 1 is 1.12 bits per heavy atom. The van der Waals surface area contributed by atoms with E-state index in [1.54, 1.807) is 11.0 Å². The fraction of sp³-hybridized carbons (Fsp3) is 0.611. The molecule has 1 aliphatic rings. The Morgan fingerprint density at radius 2 is 1.75 bits per heavy atom. The maximum atomic E-state index is 12.9. The second kappa shape index (κ2) is 7.66. The first-order valence-corrected chi connectivity index (χ1v) is 10.0. The van der Waals surface area contributed by atoms with Gasteiger partial charge >= 0.3 is 0 Å². The van der Waals surface area contributed by atoms with Crippen molar-refractivity contribution in [3.63, 3.8) is 0 Å². The van der Waals surface area contributed by atoms with Crippen molar-refractivity contribution in [2.45, 2.75) is 45.4 Å². The van der Waals surface area contributed by atoms with Crippen LogP contribution in [0.25, 0.3) is 0 Å². The van der Waals surface area contributed by atoms with Gasteiger partial charge in [0, 0.05) is 32.6 Å². The molecular weight excluding hydrogens is 324 g/mol. The Morgan fingerprint density at radius 3 is 2.33 bits per heavy atom. The van der Waals surface area contributed by atoms with Gasteiger partial charge in [0.2, 0.25) is 15.9 Å². The number of aryl methyl sites for hydroxylation is 2. The van der Waals surface area contributed by atoms with Gasteiger partial charge in [-0.2, -0.15) is 4.31 Å². The largest absolute Gasteiger partial charge is 0.340 e. The predicted octanol–water partition coefficient (Wildman–Crippen LogP) is 2.57. The van der Waals surface area contributed by atoms with Crippen LogP contribution in [-0.2, 0) is 14.8 Å². The van der Waals surface area contributed by atoms with Gasteiger partial charge in [0.05, 0.1) is 4.90 Å². The van der Waals surface area contributed by atoms with Gasteiger partial charge in [-0.3, -0.25) is 4.79 Å². The first kappa shape index (κ1) is 18.9. The van der Waals surface area contributed by atoms with E-state index in [0.29, 0.717) is 43.4 Å². The zero-order chi connectivity index (χ0) is 17.9. The smallest absolute Gasteiger partial charge is 0.243 e. The molecule has 24 heavy (non-hydrogen) atoms. The molecule has 1 fully saturated rings. The summed E-state index contributed by atoms with van der Waals surface area (Å²) in [7, 11) is -3.49. The highest BCUT2D eigenvalue weighted by Crippen LogP contribution is 2.22. The second-order valence-corrected chi connectivity index (χ2v) is 8.89. The Bertz CT molecular complexity index is 690. The third-order valence-electron chi connectivity index (χ3n) is 4.49. The number of carbonyl (C=O) groups is 1. The van der Waals surface area contributed by atoms with Crippen LogP contribution >= 0.6 is 0 Å². The minimum Gasteiger partial charge on any atom is -0.340 e. The van der Waals surface area contributed by atoms with Crippen LogP contribution in [-0.4, -0.2) is 49.7 Å². The van der Waals surface area contributed by atoms with Crippen LogP contribution in [0.5, 0.6) is 0 Å². The maximum Gasteiger partial charge on any atom is 0.243 e. The monoisotopic (exact) mass is 352 g/mol. The standard InChI is InChI=1S/C18H28N2O3S/c1-14(2)5-8-18(21)19-9-11-20(12-10-19)24(22,23)17-13-15(3)6-7-16(17)4/h6-7,13-14H,5,8-12H2,1-4H3. The molecule has 5 nitrogen and oxygen atoms in total. The molecule has 0 aromatic heterocycles. The maximum absolute atomic E-state index is 12.9. The molecule has 134 valence electrons. The molecule has 0 aliphatic carbocycles. The Labute approximate surface area is 145 Å². The number of sulfonamides is 1. The van der Waals surface area contributed by atoms with Crippen molar-refractivity contribution < 1.29 is 13.2 Å². The van der Waals surface area contributed by atoms with Gasteiger partial charge in [-0.05, 0) is 43.4 Å². The lowest BCUT2D eigenvalue weighted by Crippen LogP contribution is -2.50. The molecule has 0 bridgehead atoms. The van der Waals surface area contributed by atoms with Gasteiger partial charge in [-0.25, -0.2) is 8.42 Å². The molecular formula is C18H28N2O3S. The zero-order valence-corrected chi connectivity index (χ0v) is 15.9. The lowest BCUT2D eigenvalue weighted by molar-refractivity contribution is -0.132. The summed E-state index contributed by atoms with van der Waals surface area (Å²) in [4.78, 5) is 14.4. The molecule has 0 spiro atoms. The molecule has 6 heteroatoms. The SMILES string of the molecule is Cc1ccc(C)c(S(=O)(=O)N2CCN(C(=O)CCC(C)C)CC2)c1. The van der Waals surface area contributed by atoms with Gasteiger partial charge in [-0.1, -0.05) is 26.0 Å². The number of carbonyl (C=O) groups excluding carboxylic acids is 1. The first-order valence-electron chi connectivity index (χ1n) is 8.57. The number of amides is 1. The van der Waals surface area contributed by atoms with Crippen LogP contribution in [0.2, 0.25) is 0 Å². The van der Waals surface area contributed by atoms with Crippen LogP contribution in [0.15, 0.2) is 23.1 Å². The number of benzene rings is 1. The van der Waals surface area contributed by atoms with E-state index in [1.807, 2.05) is 26.0 Å². The van der Waals surface area contributed by atoms with Gasteiger partial charge in [-0.15, -0.1) is 0 Å². The van der Waals surface area contributed by atoms with Crippen LogP contribution < -0.4 is 0 Å². The fourth-order valence-electron chi connectivity index (χ4n) is 2.87. The third kappa shape index (κ3) is 4.36. The molecule has 1 aliphatic heterocycles. The number of hydrogen-bond donors (Lipinski definition) is 0. The summed E-state index contributed by atoms with van der Waals surface area (Å²) in [6.07, 6.45) is 1.42. The van der Waals surface area contributed by atoms with E-state index < -0.39 is 10.0 Å². The van der Waals surface area contributed by atoms with Crippen LogP contribution in [0, 0.1) is 19.8 Å². The molecule has 1 aromatic carbocycles. The van der Waals surface area contributed by atoms with E-state index in [-0.39, 0.29) is 5.91 Å². The number of hydrogen-bond acceptors (Lipinski definition) is 3. The van der Waals surface area contributed by atoms with Crippen molar-refractivity contribution in [3.8, 4) is 0 Å². The highest BCUT2D eigenvalue weighted by Gasteiger charge is 2.30. The fourth-order valence-corrected chi connectivity index (χ4v) is 4.60. The Kier molecular flexibility index (Phi) is 6.04. The van der Waals surface area contributed by atoms with Crippen molar-refractivity contribution in [2.75, 3.05) is 26.2 Å². The van der Waals surface area contributed by atoms with Gasteiger partial charge < -0.3 is 4.90 Å². The summed E-state index contributed by atoms with van der Waals surface area (Å²) in [5.41, 5.74) is 1.69. The summed E-state index contributed by atoms with van der Waals surface area (Å²) < 4.78 is 27.2. The quantitative estimate of drug-likeness (QED) is 0.818. The highest BCUT2D eigenvalue weighted by molar-refractivity contribution is 7.89. The molecule has 1 aromatic rings. The van der Waals surface area contributed by atoms with Crippen molar-refractivity contribution in [2.24, 2.45) is 5.92 Å². The zero-order valence-electron chi connectivity index (χ0n) is 15.1. The minimum atomic E-state index is -3.49. The topological polar surface area (TPSA) is 57.7 Å². The van der Waals surface area contributed by atoms with Gasteiger partial charge in [0.15, 0.2) is 0 Å². The molecule has 1 heterocycles. The second-order valence-electron chi connectivity index (χ2n) is 6.99. The molecule has 0 saturated carbocycles. The van der Waals surface area contributed by atoms with Crippen molar-refractivity contribution in [1.82, 2.24) is 9.21 Å². The summed E-state index contributed by atoms with van der Waals surface area (Å²) in [5.74, 6) is 0.632. The van der Waals surface area contributed by atoms with Gasteiger partial charge in [0.25, 0.3) is 0 Å². The molecule has 2 rings (SSSR count). The third-order valence-corrected chi connectivity index (χ3v) is 6.53. The van der Waals surface area contributed by atoms with E-state index >= 15 is 0 Å². The summed E-state index contributed by atoms with van der Waals surface area (Å²) in [6, 6.07) is 5.48. The number of rotatable bonds is 5. The van der Waals surface area contributed by atoms with E-state index in [9.17, 15) is 13.2 Å². The average Bonchev–Trinajstić information content (AvgIpc) is 2.54. The van der Waals surface area contributed by atoms with Crippen LogP contribution in [0.1, 0.15) is 37.8 Å². The highest BCUT2D eigenvalue weighted by atomic mass is 32.2. The van der Waals surface area contributed by atoms with Gasteiger partial charge in [0.1, 0.15) is 0 Å².